The molecule has 3 atom stereocenters. The Labute approximate surface area is 192 Å². The second-order valence-corrected chi connectivity index (χ2v) is 10.2. The summed E-state index contributed by atoms with van der Waals surface area (Å²) in [4.78, 5) is 4.40. The summed E-state index contributed by atoms with van der Waals surface area (Å²) in [6.07, 6.45) is 21.7. The van der Waals surface area contributed by atoms with Crippen LogP contribution in [0.25, 0.3) is 0 Å². The first kappa shape index (κ1) is 28.2. The smallest absolute Gasteiger partial charge is 0.243 e. The number of nitrogens with zero attached hydrogens (tertiary/aromatic N) is 2. The van der Waals surface area contributed by atoms with Crippen molar-refractivity contribution in [3.05, 3.63) is 11.7 Å². The molecule has 0 aliphatic heterocycles. The van der Waals surface area contributed by atoms with Gasteiger partial charge in [-0.2, -0.15) is 4.98 Å². The fourth-order valence-electron chi connectivity index (χ4n) is 4.02. The van der Waals surface area contributed by atoms with Gasteiger partial charge < -0.3 is 14.8 Å². The van der Waals surface area contributed by atoms with Crippen LogP contribution in [0.15, 0.2) is 4.52 Å². The van der Waals surface area contributed by atoms with Crippen LogP contribution in [-0.2, 0) is 17.5 Å². The Morgan fingerprint density at radius 3 is 1.87 bits per heavy atom. The number of unbranched alkanes of at least 4 members (excludes halogenated alkanes) is 14. The fraction of sp³-hybridized carbons (Fsp3) is 0.917. The average Bonchev–Trinajstić information content (AvgIpc) is 3.19. The third-order valence-electron chi connectivity index (χ3n) is 5.89. The second kappa shape index (κ2) is 18.8. The van der Waals surface area contributed by atoms with Crippen LogP contribution < -0.4 is 5.73 Å². The van der Waals surface area contributed by atoms with Gasteiger partial charge in [-0.1, -0.05) is 109 Å². The molecule has 31 heavy (non-hydrogen) atoms. The van der Waals surface area contributed by atoms with E-state index >= 15 is 0 Å². The minimum atomic E-state index is -1.80. The number of rotatable bonds is 21. The molecule has 0 radical (unpaired) electrons. The Morgan fingerprint density at radius 1 is 0.903 bits per heavy atom. The molecule has 0 fully saturated rings. The predicted octanol–water partition coefficient (Wildman–Crippen LogP) is 6.73. The molecule has 0 saturated heterocycles. The normalized spacial score (nSPS) is 14.6. The van der Waals surface area contributed by atoms with Gasteiger partial charge in [0.1, 0.15) is 0 Å². The van der Waals surface area contributed by atoms with Gasteiger partial charge in [0.05, 0.1) is 11.8 Å². The molecular weight excluding hydrogens is 410 g/mol. The first-order valence-electron chi connectivity index (χ1n) is 12.7. The van der Waals surface area contributed by atoms with Crippen molar-refractivity contribution in [2.75, 3.05) is 5.75 Å². The van der Waals surface area contributed by atoms with Crippen molar-refractivity contribution < 1.29 is 13.3 Å². The molecule has 1 heterocycles. The summed E-state index contributed by atoms with van der Waals surface area (Å²) in [7, 11) is 0. The molecule has 0 aliphatic rings. The van der Waals surface area contributed by atoms with Crippen LogP contribution in [0.1, 0.15) is 134 Å². The zero-order valence-electron chi connectivity index (χ0n) is 20.0. The molecule has 7 heteroatoms. The van der Waals surface area contributed by atoms with Crippen molar-refractivity contribution in [1.29, 1.82) is 0 Å². The number of hydrogen-bond donors (Lipinski definition) is 2. The molecule has 0 aromatic carbocycles. The Kier molecular flexibility index (Phi) is 17.1. The van der Waals surface area contributed by atoms with E-state index in [9.17, 15) is 4.21 Å². The minimum absolute atomic E-state index is 0.0340. The standard InChI is InChI=1S/C24H47N3O3S/c1-3-4-5-6-7-8-9-10-11-12-13-14-15-16-17-18-23-26-24(30-27-23)22(25)19-21(2)20-31(28)29/h21-22H,3-20,25H2,1-2H3,(H,28,29). The maximum atomic E-state index is 10.9. The fourth-order valence-corrected chi connectivity index (χ4v) is 4.64. The Hall–Kier alpha value is -0.790. The van der Waals surface area contributed by atoms with Gasteiger partial charge in [0.25, 0.3) is 0 Å². The van der Waals surface area contributed by atoms with Crippen molar-refractivity contribution in [1.82, 2.24) is 10.1 Å². The van der Waals surface area contributed by atoms with Gasteiger partial charge in [-0.3, -0.25) is 0 Å². The quantitative estimate of drug-likeness (QED) is 0.157. The van der Waals surface area contributed by atoms with Gasteiger partial charge in [-0.05, 0) is 18.8 Å². The average molecular weight is 458 g/mol. The van der Waals surface area contributed by atoms with Gasteiger partial charge in [0.15, 0.2) is 16.9 Å². The second-order valence-electron chi connectivity index (χ2n) is 9.18. The largest absolute Gasteiger partial charge is 0.338 e. The van der Waals surface area contributed by atoms with E-state index < -0.39 is 11.1 Å². The van der Waals surface area contributed by atoms with Crippen molar-refractivity contribution >= 4 is 11.1 Å². The van der Waals surface area contributed by atoms with Crippen LogP contribution >= 0.6 is 0 Å². The molecular formula is C24H47N3O3S. The van der Waals surface area contributed by atoms with E-state index in [1.54, 1.807) is 0 Å². The predicted molar refractivity (Wildman–Crippen MR) is 129 cm³/mol. The third-order valence-corrected chi connectivity index (χ3v) is 6.74. The maximum absolute atomic E-state index is 10.9. The van der Waals surface area contributed by atoms with Crippen molar-refractivity contribution in [3.8, 4) is 0 Å². The number of nitrogens with two attached hydrogens (primary N) is 1. The monoisotopic (exact) mass is 457 g/mol. The lowest BCUT2D eigenvalue weighted by atomic mass is 10.0. The highest BCUT2D eigenvalue weighted by atomic mass is 32.2. The lowest BCUT2D eigenvalue weighted by molar-refractivity contribution is 0.332. The third kappa shape index (κ3) is 15.6. The van der Waals surface area contributed by atoms with Crippen LogP contribution in [0.4, 0.5) is 0 Å². The minimum Gasteiger partial charge on any atom is -0.338 e. The Balaban J connectivity index is 1.95. The summed E-state index contributed by atoms with van der Waals surface area (Å²) in [5, 5.41) is 4.03. The summed E-state index contributed by atoms with van der Waals surface area (Å²) in [5.41, 5.74) is 6.09. The van der Waals surface area contributed by atoms with E-state index in [1.807, 2.05) is 6.92 Å². The van der Waals surface area contributed by atoms with E-state index in [2.05, 4.69) is 17.1 Å². The topological polar surface area (TPSA) is 102 Å². The lowest BCUT2D eigenvalue weighted by Gasteiger charge is -2.12. The Bertz CT molecular complexity index is 568. The van der Waals surface area contributed by atoms with Gasteiger partial charge in [0.2, 0.25) is 5.89 Å². The Morgan fingerprint density at radius 2 is 1.39 bits per heavy atom. The number of aromatic nitrogens is 2. The van der Waals surface area contributed by atoms with Crippen LogP contribution in [0.3, 0.4) is 0 Å². The highest BCUT2D eigenvalue weighted by molar-refractivity contribution is 7.79. The molecule has 0 saturated carbocycles. The van der Waals surface area contributed by atoms with Gasteiger partial charge in [-0.15, -0.1) is 0 Å². The molecule has 0 bridgehead atoms. The van der Waals surface area contributed by atoms with Crippen LogP contribution in [0, 0.1) is 5.92 Å². The molecule has 1 aromatic heterocycles. The van der Waals surface area contributed by atoms with Gasteiger partial charge in [-0.25, -0.2) is 4.21 Å². The zero-order chi connectivity index (χ0) is 22.7. The highest BCUT2D eigenvalue weighted by Gasteiger charge is 2.18. The van der Waals surface area contributed by atoms with Crippen LogP contribution in [0.5, 0.6) is 0 Å². The van der Waals surface area contributed by atoms with E-state index in [0.29, 0.717) is 12.3 Å². The van der Waals surface area contributed by atoms with Gasteiger partial charge >= 0.3 is 0 Å². The summed E-state index contributed by atoms with van der Waals surface area (Å²) in [6.45, 7) is 4.18. The molecule has 1 rings (SSSR count). The van der Waals surface area contributed by atoms with E-state index in [-0.39, 0.29) is 17.7 Å². The van der Waals surface area contributed by atoms with E-state index in [1.165, 1.54) is 89.9 Å². The molecule has 0 spiro atoms. The summed E-state index contributed by atoms with van der Waals surface area (Å²) in [5.74, 6) is 1.41. The van der Waals surface area contributed by atoms with Crippen LogP contribution in [0.2, 0.25) is 0 Å². The summed E-state index contributed by atoms with van der Waals surface area (Å²) >= 11 is -1.80. The maximum Gasteiger partial charge on any atom is 0.243 e. The molecule has 3 unspecified atom stereocenters. The van der Waals surface area contributed by atoms with Crippen LogP contribution in [-0.4, -0.2) is 24.7 Å². The summed E-state index contributed by atoms with van der Waals surface area (Å²) < 4.78 is 25.1. The lowest BCUT2D eigenvalue weighted by Crippen LogP contribution is -2.18. The van der Waals surface area contributed by atoms with Crippen molar-refractivity contribution in [2.24, 2.45) is 11.7 Å². The summed E-state index contributed by atoms with van der Waals surface area (Å²) in [6, 6.07) is -0.374. The zero-order valence-corrected chi connectivity index (χ0v) is 20.8. The van der Waals surface area contributed by atoms with E-state index in [4.69, 9.17) is 14.8 Å². The van der Waals surface area contributed by atoms with Crippen molar-refractivity contribution in [3.63, 3.8) is 0 Å². The SMILES string of the molecule is CCCCCCCCCCCCCCCCCc1noc(C(N)CC(C)CS(=O)O)n1. The molecule has 6 nitrogen and oxygen atoms in total. The van der Waals surface area contributed by atoms with Gasteiger partial charge in [0, 0.05) is 6.42 Å². The molecule has 0 amide bonds. The number of hydrogen-bond acceptors (Lipinski definition) is 5. The highest BCUT2D eigenvalue weighted by Crippen LogP contribution is 2.19. The number of aryl methyl sites for hydroxylation is 1. The first-order chi connectivity index (χ1) is 15.0. The van der Waals surface area contributed by atoms with E-state index in [0.717, 1.165) is 18.7 Å². The molecule has 3 N–H and O–H groups in total. The molecule has 0 aliphatic carbocycles. The molecule has 1 aromatic rings. The first-order valence-corrected chi connectivity index (χ1v) is 14.0. The molecule has 182 valence electrons. The van der Waals surface area contributed by atoms with Crippen molar-refractivity contribution in [2.45, 2.75) is 129 Å².